The Labute approximate surface area is 107 Å². The van der Waals surface area contributed by atoms with Gasteiger partial charge in [0.15, 0.2) is 0 Å². The van der Waals surface area contributed by atoms with E-state index in [2.05, 4.69) is 24.3 Å². The van der Waals surface area contributed by atoms with E-state index in [1.54, 1.807) is 0 Å². The number of hydrogen-bond acceptors (Lipinski definition) is 2. The zero-order chi connectivity index (χ0) is 12.2. The number of nitrogens with zero attached hydrogens (tertiary/aromatic N) is 2. The first-order chi connectivity index (χ1) is 7.50. The summed E-state index contributed by atoms with van der Waals surface area (Å²) in [6, 6.07) is 2.40. The highest BCUT2D eigenvalue weighted by Crippen LogP contribution is 2.11. The van der Waals surface area contributed by atoms with Gasteiger partial charge in [0.2, 0.25) is 0 Å². The molecule has 1 aromatic rings. The first kappa shape index (κ1) is 13.8. The average Bonchev–Trinajstić information content (AvgIpc) is 2.75. The zero-order valence-electron chi connectivity index (χ0n) is 10.0. The molecule has 0 amide bonds. The summed E-state index contributed by atoms with van der Waals surface area (Å²) in [5.74, 6) is 0.975. The molecule has 1 N–H and O–H groups in total. The third kappa shape index (κ3) is 3.65. The molecule has 3 nitrogen and oxygen atoms in total. The fourth-order valence-electron chi connectivity index (χ4n) is 1.19. The minimum absolute atomic E-state index is 0.231. The van der Waals surface area contributed by atoms with Crippen molar-refractivity contribution >= 4 is 23.2 Å². The minimum Gasteiger partial charge on any atom is -0.304 e. The Kier molecular flexibility index (Phi) is 5.09. The summed E-state index contributed by atoms with van der Waals surface area (Å²) in [4.78, 5) is 0. The second-order valence-electron chi connectivity index (χ2n) is 4.56. The van der Waals surface area contributed by atoms with E-state index < -0.39 is 0 Å². The van der Waals surface area contributed by atoms with Gasteiger partial charge >= 0.3 is 0 Å². The van der Waals surface area contributed by atoms with Crippen LogP contribution < -0.4 is 5.32 Å². The molecule has 0 bridgehead atoms. The first-order valence-electron chi connectivity index (χ1n) is 5.42. The highest BCUT2D eigenvalue weighted by Gasteiger charge is 2.21. The molecule has 16 heavy (non-hydrogen) atoms. The zero-order valence-corrected chi connectivity index (χ0v) is 11.5. The highest BCUT2D eigenvalue weighted by molar-refractivity contribution is 6.22. The summed E-state index contributed by atoms with van der Waals surface area (Å²) in [6.45, 7) is 6.90. The topological polar surface area (TPSA) is 29.9 Å². The number of halogens is 2. The van der Waals surface area contributed by atoms with E-state index in [4.69, 9.17) is 23.2 Å². The number of hydrogen-bond donors (Lipinski definition) is 1. The Morgan fingerprint density at radius 3 is 2.50 bits per heavy atom. The molecule has 0 aliphatic rings. The molecule has 1 aromatic heterocycles. The van der Waals surface area contributed by atoms with E-state index in [9.17, 15) is 0 Å². The van der Waals surface area contributed by atoms with Crippen molar-refractivity contribution in [1.82, 2.24) is 15.1 Å². The Hall–Kier alpha value is -0.250. The number of alkyl halides is 2. The van der Waals surface area contributed by atoms with Crippen LogP contribution >= 0.6 is 23.2 Å². The number of nitrogens with one attached hydrogen (secondary N) is 1. The second-order valence-corrected chi connectivity index (χ2v) is 5.10. The van der Waals surface area contributed by atoms with Crippen molar-refractivity contribution in [1.29, 1.82) is 0 Å². The van der Waals surface area contributed by atoms with Crippen LogP contribution in [0.25, 0.3) is 0 Å². The molecule has 5 heteroatoms. The van der Waals surface area contributed by atoms with Crippen molar-refractivity contribution in [2.75, 3.05) is 11.8 Å². The highest BCUT2D eigenvalue weighted by atomic mass is 35.5. The molecule has 0 saturated carbocycles. The van der Waals surface area contributed by atoms with Gasteiger partial charge < -0.3 is 5.32 Å². The van der Waals surface area contributed by atoms with E-state index in [1.807, 2.05) is 23.9 Å². The molecule has 0 unspecified atom stereocenters. The van der Waals surface area contributed by atoms with E-state index in [0.717, 1.165) is 5.69 Å². The summed E-state index contributed by atoms with van der Waals surface area (Å²) in [6.07, 6.45) is 1.99. The lowest BCUT2D eigenvalue weighted by molar-refractivity contribution is 0.427. The van der Waals surface area contributed by atoms with Crippen molar-refractivity contribution in [3.05, 3.63) is 18.0 Å². The summed E-state index contributed by atoms with van der Waals surface area (Å²) in [7, 11) is 0. The lowest BCUT2D eigenvalue weighted by Gasteiger charge is -2.25. The van der Waals surface area contributed by atoms with Crippen molar-refractivity contribution in [2.24, 2.45) is 0 Å². The van der Waals surface area contributed by atoms with E-state index in [1.165, 1.54) is 0 Å². The quantitative estimate of drug-likeness (QED) is 0.801. The van der Waals surface area contributed by atoms with Crippen molar-refractivity contribution in [2.45, 2.75) is 38.9 Å². The maximum Gasteiger partial charge on any atom is 0.0762 e. The molecule has 0 spiro atoms. The van der Waals surface area contributed by atoms with Crippen LogP contribution in [0.3, 0.4) is 0 Å². The third-order valence-electron chi connectivity index (χ3n) is 2.48. The third-order valence-corrected chi connectivity index (χ3v) is 3.66. The Morgan fingerprint density at radius 1 is 1.44 bits per heavy atom. The van der Waals surface area contributed by atoms with Crippen LogP contribution in [-0.2, 0) is 6.54 Å². The number of rotatable bonds is 6. The van der Waals surface area contributed by atoms with Gasteiger partial charge in [-0.15, -0.1) is 23.2 Å². The van der Waals surface area contributed by atoms with Gasteiger partial charge in [0.1, 0.15) is 0 Å². The van der Waals surface area contributed by atoms with Crippen LogP contribution in [0.5, 0.6) is 0 Å². The molecular formula is C11H19Cl2N3. The lowest BCUT2D eigenvalue weighted by Crippen LogP contribution is -2.45. The van der Waals surface area contributed by atoms with E-state index in [0.29, 0.717) is 24.3 Å². The predicted molar refractivity (Wildman–Crippen MR) is 69.3 cm³/mol. The van der Waals surface area contributed by atoms with Crippen LogP contribution in [0.2, 0.25) is 0 Å². The largest absolute Gasteiger partial charge is 0.304 e. The fourth-order valence-corrected chi connectivity index (χ4v) is 1.67. The molecule has 0 aliphatic heterocycles. The van der Waals surface area contributed by atoms with Crippen LogP contribution in [0.4, 0.5) is 0 Å². The van der Waals surface area contributed by atoms with E-state index in [-0.39, 0.29) is 5.54 Å². The maximum absolute atomic E-state index is 5.86. The van der Waals surface area contributed by atoms with Gasteiger partial charge in [0.25, 0.3) is 0 Å². The Morgan fingerprint density at radius 2 is 2.06 bits per heavy atom. The van der Waals surface area contributed by atoms with Crippen LogP contribution in [0, 0.1) is 0 Å². The van der Waals surface area contributed by atoms with Crippen LogP contribution in [0.1, 0.15) is 32.5 Å². The molecule has 0 atom stereocenters. The molecule has 0 aliphatic carbocycles. The summed E-state index contributed by atoms with van der Waals surface area (Å²) < 4.78 is 1.94. The molecule has 1 heterocycles. The Balaban J connectivity index is 2.54. The van der Waals surface area contributed by atoms with E-state index >= 15 is 0 Å². The normalized spacial score (nSPS) is 12.4. The second kappa shape index (κ2) is 5.89. The van der Waals surface area contributed by atoms with Crippen molar-refractivity contribution in [3.8, 4) is 0 Å². The van der Waals surface area contributed by atoms with Crippen molar-refractivity contribution in [3.63, 3.8) is 0 Å². The lowest BCUT2D eigenvalue weighted by atomic mass is 10.1. The van der Waals surface area contributed by atoms with Gasteiger partial charge in [-0.1, -0.05) is 0 Å². The molecule has 92 valence electrons. The molecule has 0 saturated heterocycles. The summed E-state index contributed by atoms with van der Waals surface area (Å²) in [5.41, 5.74) is 0.778. The average molecular weight is 264 g/mol. The van der Waals surface area contributed by atoms with Crippen LogP contribution in [0.15, 0.2) is 12.3 Å². The van der Waals surface area contributed by atoms with Crippen LogP contribution in [-0.4, -0.2) is 27.1 Å². The SMILES string of the molecule is CC(C)n1ccc(CNC(C)(CCl)CCl)n1. The monoisotopic (exact) mass is 263 g/mol. The van der Waals surface area contributed by atoms with Crippen molar-refractivity contribution < 1.29 is 0 Å². The maximum atomic E-state index is 5.86. The van der Waals surface area contributed by atoms with Gasteiger partial charge in [0.05, 0.1) is 5.69 Å². The molecule has 1 rings (SSSR count). The molecular weight excluding hydrogens is 245 g/mol. The van der Waals surface area contributed by atoms with Gasteiger partial charge in [-0.2, -0.15) is 5.10 Å². The Bertz CT molecular complexity index is 319. The molecule has 0 aromatic carbocycles. The summed E-state index contributed by atoms with van der Waals surface area (Å²) >= 11 is 11.7. The first-order valence-corrected chi connectivity index (χ1v) is 6.48. The molecule has 0 radical (unpaired) electrons. The standard InChI is InChI=1S/C11H19Cl2N3/c1-9(2)16-5-4-10(15-16)6-14-11(3,7-12)8-13/h4-5,9,14H,6-8H2,1-3H3. The summed E-state index contributed by atoms with van der Waals surface area (Å²) in [5, 5.41) is 7.77. The van der Waals surface area contributed by atoms with Gasteiger partial charge in [-0.05, 0) is 26.8 Å². The van der Waals surface area contributed by atoms with Gasteiger partial charge in [-0.25, -0.2) is 0 Å². The van der Waals surface area contributed by atoms with Gasteiger partial charge in [-0.3, -0.25) is 4.68 Å². The fraction of sp³-hybridized carbons (Fsp3) is 0.727. The number of aromatic nitrogens is 2. The minimum atomic E-state index is -0.231. The predicted octanol–water partition coefficient (Wildman–Crippen LogP) is 2.79. The molecule has 0 fully saturated rings. The smallest absolute Gasteiger partial charge is 0.0762 e. The van der Waals surface area contributed by atoms with Gasteiger partial charge in [0, 0.05) is 36.1 Å².